The Bertz CT molecular complexity index is 780. The molecule has 7 heteroatoms. The molecule has 0 unspecified atom stereocenters. The van der Waals surface area contributed by atoms with Crippen LogP contribution in [0.25, 0.3) is 11.3 Å². The summed E-state index contributed by atoms with van der Waals surface area (Å²) in [6.07, 6.45) is 0. The number of hydrogen-bond acceptors (Lipinski definition) is 6. The van der Waals surface area contributed by atoms with E-state index < -0.39 is 0 Å². The van der Waals surface area contributed by atoms with Crippen molar-refractivity contribution in [3.05, 3.63) is 51.6 Å². The molecule has 0 amide bonds. The van der Waals surface area contributed by atoms with Gasteiger partial charge >= 0.3 is 0 Å². The van der Waals surface area contributed by atoms with Crippen molar-refractivity contribution < 1.29 is 9.21 Å². The van der Waals surface area contributed by atoms with E-state index >= 15 is 0 Å². The van der Waals surface area contributed by atoms with Crippen LogP contribution in [0.4, 0.5) is 0 Å². The first-order chi connectivity index (χ1) is 10.1. The summed E-state index contributed by atoms with van der Waals surface area (Å²) in [5, 5.41) is 8.47. The fraction of sp³-hybridized carbons (Fsp3) is 0.0714. The number of aromatic nitrogens is 2. The summed E-state index contributed by atoms with van der Waals surface area (Å²) in [6, 6.07) is 11.2. The summed E-state index contributed by atoms with van der Waals surface area (Å²) in [5.74, 6) is 0.977. The third-order valence-electron chi connectivity index (χ3n) is 2.62. The molecule has 0 radical (unpaired) electrons. The maximum atomic E-state index is 12.1. The number of benzene rings is 1. The molecule has 106 valence electrons. The van der Waals surface area contributed by atoms with E-state index in [0.717, 1.165) is 26.8 Å². The minimum Gasteiger partial charge on any atom is -0.452 e. The van der Waals surface area contributed by atoms with Crippen molar-refractivity contribution >= 4 is 44.1 Å². The lowest BCUT2D eigenvalue weighted by molar-refractivity contribution is 0.106. The number of nitrogens with zero attached hydrogens (tertiary/aromatic N) is 2. The Morgan fingerprint density at radius 2 is 1.95 bits per heavy atom. The molecule has 0 saturated carbocycles. The van der Waals surface area contributed by atoms with E-state index in [1.807, 2.05) is 31.2 Å². The quantitative estimate of drug-likeness (QED) is 0.610. The zero-order valence-corrected chi connectivity index (χ0v) is 14.1. The number of rotatable bonds is 3. The summed E-state index contributed by atoms with van der Waals surface area (Å²) in [5.41, 5.74) is 0.925. The Hall–Kier alpha value is -1.44. The Labute approximate surface area is 137 Å². The van der Waals surface area contributed by atoms with Gasteiger partial charge in [0.05, 0.1) is 0 Å². The molecule has 1 aromatic carbocycles. The molecule has 0 fully saturated rings. The van der Waals surface area contributed by atoms with E-state index in [1.54, 1.807) is 12.1 Å². The molecule has 0 atom stereocenters. The summed E-state index contributed by atoms with van der Waals surface area (Å²) in [7, 11) is 0. The first-order valence-corrected chi connectivity index (χ1v) is 8.42. The van der Waals surface area contributed by atoms with E-state index in [-0.39, 0.29) is 5.12 Å². The molecule has 0 aliphatic rings. The van der Waals surface area contributed by atoms with Crippen molar-refractivity contribution in [3.63, 3.8) is 0 Å². The van der Waals surface area contributed by atoms with Gasteiger partial charge < -0.3 is 4.42 Å². The van der Waals surface area contributed by atoms with Crippen LogP contribution in [0.5, 0.6) is 0 Å². The number of furan rings is 1. The Kier molecular flexibility index (Phi) is 4.23. The smallest absolute Gasteiger partial charge is 0.261 e. The predicted octanol–water partition coefficient (Wildman–Crippen LogP) is 4.80. The molecule has 3 aromatic rings. The monoisotopic (exact) mass is 380 g/mol. The highest BCUT2D eigenvalue weighted by molar-refractivity contribution is 9.10. The van der Waals surface area contributed by atoms with Crippen molar-refractivity contribution in [2.24, 2.45) is 0 Å². The molecule has 0 aliphatic heterocycles. The highest BCUT2D eigenvalue weighted by Gasteiger charge is 2.16. The summed E-state index contributed by atoms with van der Waals surface area (Å²) in [4.78, 5) is 12.1. The number of carbonyl (C=O) groups excluding carboxylic acids is 1. The molecule has 3 rings (SSSR count). The van der Waals surface area contributed by atoms with E-state index in [1.165, 1.54) is 11.3 Å². The standard InChI is InChI=1S/C14H9BrN2O2S2/c1-8-16-17-14(20-8)21-13(18)12-7-6-11(19-12)9-2-4-10(15)5-3-9/h2-7H,1H3. The van der Waals surface area contributed by atoms with E-state index in [2.05, 4.69) is 26.1 Å². The van der Waals surface area contributed by atoms with Gasteiger partial charge in [-0.15, -0.1) is 10.2 Å². The van der Waals surface area contributed by atoms with Gasteiger partial charge in [-0.25, -0.2) is 0 Å². The fourth-order valence-corrected chi connectivity index (χ4v) is 3.55. The molecule has 2 aromatic heterocycles. The van der Waals surface area contributed by atoms with Crippen LogP contribution in [-0.4, -0.2) is 15.3 Å². The number of thioether (sulfide) groups is 1. The summed E-state index contributed by atoms with van der Waals surface area (Å²) >= 11 is 5.81. The van der Waals surface area contributed by atoms with Gasteiger partial charge in [-0.1, -0.05) is 39.4 Å². The van der Waals surface area contributed by atoms with Crippen LogP contribution in [-0.2, 0) is 0 Å². The lowest BCUT2D eigenvalue weighted by Crippen LogP contribution is -1.89. The largest absolute Gasteiger partial charge is 0.452 e. The second kappa shape index (κ2) is 6.13. The predicted molar refractivity (Wildman–Crippen MR) is 86.7 cm³/mol. The first kappa shape index (κ1) is 14.5. The van der Waals surface area contributed by atoms with Gasteiger partial charge in [-0.3, -0.25) is 4.79 Å². The van der Waals surface area contributed by atoms with E-state index in [0.29, 0.717) is 15.9 Å². The topological polar surface area (TPSA) is 56.0 Å². The first-order valence-electron chi connectivity index (χ1n) is 6.00. The molecular formula is C14H9BrN2O2S2. The zero-order chi connectivity index (χ0) is 14.8. The second-order valence-corrected chi connectivity index (χ2v) is 7.46. The maximum absolute atomic E-state index is 12.1. The number of carbonyl (C=O) groups is 1. The van der Waals surface area contributed by atoms with Gasteiger partial charge in [-0.05, 0) is 43.0 Å². The van der Waals surface area contributed by atoms with Crippen molar-refractivity contribution in [2.75, 3.05) is 0 Å². The molecule has 0 saturated heterocycles. The highest BCUT2D eigenvalue weighted by Crippen LogP contribution is 2.29. The molecule has 4 nitrogen and oxygen atoms in total. The molecule has 0 bridgehead atoms. The van der Waals surface area contributed by atoms with Crippen molar-refractivity contribution in [3.8, 4) is 11.3 Å². The third-order valence-corrected chi connectivity index (χ3v) is 4.93. The van der Waals surface area contributed by atoms with Crippen LogP contribution in [0.2, 0.25) is 0 Å². The minimum atomic E-state index is -0.172. The van der Waals surface area contributed by atoms with Crippen LogP contribution < -0.4 is 0 Å². The molecule has 0 spiro atoms. The molecule has 21 heavy (non-hydrogen) atoms. The maximum Gasteiger partial charge on any atom is 0.261 e. The number of aryl methyl sites for hydroxylation is 1. The third kappa shape index (κ3) is 3.42. The Morgan fingerprint density at radius 3 is 2.62 bits per heavy atom. The molecule has 0 N–H and O–H groups in total. The van der Waals surface area contributed by atoms with Crippen LogP contribution in [0.15, 0.2) is 49.6 Å². The SMILES string of the molecule is Cc1nnc(SC(=O)c2ccc(-c3ccc(Br)cc3)o2)s1. The zero-order valence-electron chi connectivity index (χ0n) is 10.9. The lowest BCUT2D eigenvalue weighted by Gasteiger charge is -1.97. The van der Waals surface area contributed by atoms with Gasteiger partial charge in [0.2, 0.25) is 0 Å². The highest BCUT2D eigenvalue weighted by atomic mass is 79.9. The Balaban J connectivity index is 1.78. The summed E-state index contributed by atoms with van der Waals surface area (Å²) in [6.45, 7) is 1.85. The Morgan fingerprint density at radius 1 is 1.19 bits per heavy atom. The van der Waals surface area contributed by atoms with Crippen molar-refractivity contribution in [1.82, 2.24) is 10.2 Å². The molecular weight excluding hydrogens is 372 g/mol. The van der Waals surface area contributed by atoms with Gasteiger partial charge in [0.25, 0.3) is 5.12 Å². The van der Waals surface area contributed by atoms with E-state index in [4.69, 9.17) is 4.42 Å². The van der Waals surface area contributed by atoms with E-state index in [9.17, 15) is 4.79 Å². The molecule has 0 aliphatic carbocycles. The number of hydrogen-bond donors (Lipinski definition) is 0. The average molecular weight is 381 g/mol. The van der Waals surface area contributed by atoms with Crippen molar-refractivity contribution in [2.45, 2.75) is 11.3 Å². The van der Waals surface area contributed by atoms with Crippen LogP contribution in [0.3, 0.4) is 0 Å². The van der Waals surface area contributed by atoms with Crippen LogP contribution in [0.1, 0.15) is 15.6 Å². The van der Waals surface area contributed by atoms with Gasteiger partial charge in [0, 0.05) is 10.0 Å². The normalized spacial score (nSPS) is 10.8. The minimum absolute atomic E-state index is 0.172. The molecule has 2 heterocycles. The average Bonchev–Trinajstić information content (AvgIpc) is 3.09. The van der Waals surface area contributed by atoms with Crippen LogP contribution in [0, 0.1) is 6.92 Å². The van der Waals surface area contributed by atoms with Gasteiger partial charge in [0.15, 0.2) is 10.1 Å². The van der Waals surface area contributed by atoms with Crippen molar-refractivity contribution in [1.29, 1.82) is 0 Å². The second-order valence-electron chi connectivity index (χ2n) is 4.15. The lowest BCUT2D eigenvalue weighted by atomic mass is 10.2. The van der Waals surface area contributed by atoms with Gasteiger partial charge in [-0.2, -0.15) is 0 Å². The fourth-order valence-electron chi connectivity index (χ4n) is 1.67. The summed E-state index contributed by atoms with van der Waals surface area (Å²) < 4.78 is 7.24. The van der Waals surface area contributed by atoms with Gasteiger partial charge in [0.1, 0.15) is 10.8 Å². The number of halogens is 1. The van der Waals surface area contributed by atoms with Crippen LogP contribution >= 0.6 is 39.0 Å².